The van der Waals surface area contributed by atoms with Gasteiger partial charge in [-0.25, -0.2) is 4.98 Å². The van der Waals surface area contributed by atoms with E-state index in [1.54, 1.807) is 0 Å². The van der Waals surface area contributed by atoms with Crippen LogP contribution in [0.25, 0.3) is 0 Å². The highest BCUT2D eigenvalue weighted by molar-refractivity contribution is 5.09. The Labute approximate surface area is 89.3 Å². The fourth-order valence-corrected chi connectivity index (χ4v) is 2.42. The molecule has 4 heteroatoms. The molecule has 1 aromatic heterocycles. The molecule has 1 fully saturated rings. The summed E-state index contributed by atoms with van der Waals surface area (Å²) in [5.74, 6) is 1.22. The molecule has 2 heterocycles. The van der Waals surface area contributed by atoms with Crippen molar-refractivity contribution in [1.29, 1.82) is 0 Å². The lowest BCUT2D eigenvalue weighted by Crippen LogP contribution is -2.47. The molecule has 1 aromatic rings. The molecule has 82 valence electrons. The molecule has 3 rings (SSSR count). The van der Waals surface area contributed by atoms with E-state index in [1.165, 1.54) is 17.9 Å². The van der Waals surface area contributed by atoms with Gasteiger partial charge in [-0.15, -0.1) is 0 Å². The molecule has 1 saturated carbocycles. The molecule has 2 N–H and O–H groups in total. The Morgan fingerprint density at radius 2 is 2.47 bits per heavy atom. The summed E-state index contributed by atoms with van der Waals surface area (Å²) in [6, 6.07) is 0.303. The molecule has 2 aliphatic rings. The smallest absolute Gasteiger partial charge is 0.108 e. The van der Waals surface area contributed by atoms with E-state index >= 15 is 0 Å². The Kier molecular flexibility index (Phi) is 2.25. The van der Waals surface area contributed by atoms with Gasteiger partial charge in [-0.3, -0.25) is 0 Å². The van der Waals surface area contributed by atoms with Gasteiger partial charge in [0.1, 0.15) is 5.82 Å². The zero-order chi connectivity index (χ0) is 10.3. The summed E-state index contributed by atoms with van der Waals surface area (Å²) in [6.45, 7) is 1.95. The number of rotatable bonds is 3. The van der Waals surface area contributed by atoms with Gasteiger partial charge < -0.3 is 15.0 Å². The molecule has 2 atom stereocenters. The highest BCUT2D eigenvalue weighted by Gasteiger charge is 2.28. The van der Waals surface area contributed by atoms with Crippen molar-refractivity contribution in [3.8, 4) is 0 Å². The van der Waals surface area contributed by atoms with Gasteiger partial charge in [-0.2, -0.15) is 0 Å². The maximum absolute atomic E-state index is 9.44. The normalized spacial score (nSPS) is 28.9. The monoisotopic (exact) mass is 207 g/mol. The molecule has 0 unspecified atom stereocenters. The average Bonchev–Trinajstić information content (AvgIpc) is 2.79. The van der Waals surface area contributed by atoms with Crippen LogP contribution in [0.4, 0.5) is 0 Å². The SMILES string of the molecule is O[C@@H]1CC[C@H]1NCc1cnc2n1CCC2. The highest BCUT2D eigenvalue weighted by atomic mass is 16.3. The number of hydrogen-bond donors (Lipinski definition) is 2. The van der Waals surface area contributed by atoms with Crippen LogP contribution in [0.2, 0.25) is 0 Å². The van der Waals surface area contributed by atoms with Gasteiger partial charge >= 0.3 is 0 Å². The van der Waals surface area contributed by atoms with Gasteiger partial charge in [0, 0.05) is 31.7 Å². The molecule has 4 nitrogen and oxygen atoms in total. The molecule has 1 aliphatic carbocycles. The van der Waals surface area contributed by atoms with Crippen molar-refractivity contribution in [3.63, 3.8) is 0 Å². The molecule has 1 aliphatic heterocycles. The van der Waals surface area contributed by atoms with Crippen LogP contribution in [-0.4, -0.2) is 26.8 Å². The number of imidazole rings is 1. The number of aromatic nitrogens is 2. The third-order valence-corrected chi connectivity index (χ3v) is 3.59. The number of fused-ring (bicyclic) bond motifs is 1. The van der Waals surface area contributed by atoms with Crippen LogP contribution in [0.3, 0.4) is 0 Å². The second kappa shape index (κ2) is 3.61. The number of nitrogens with one attached hydrogen (secondary N) is 1. The number of nitrogens with zero attached hydrogens (tertiary/aromatic N) is 2. The van der Waals surface area contributed by atoms with E-state index in [2.05, 4.69) is 14.9 Å². The molecule has 0 saturated heterocycles. The predicted octanol–water partition coefficient (Wildman–Crippen LogP) is 0.442. The molecule has 15 heavy (non-hydrogen) atoms. The Balaban J connectivity index is 1.62. The lowest BCUT2D eigenvalue weighted by atomic mass is 9.89. The van der Waals surface area contributed by atoms with Gasteiger partial charge in [0.05, 0.1) is 11.8 Å². The molecule has 0 radical (unpaired) electrons. The summed E-state index contributed by atoms with van der Waals surface area (Å²) in [6.07, 6.45) is 6.22. The summed E-state index contributed by atoms with van der Waals surface area (Å²) in [7, 11) is 0. The first-order chi connectivity index (χ1) is 7.34. The van der Waals surface area contributed by atoms with Gasteiger partial charge in [-0.1, -0.05) is 0 Å². The number of aliphatic hydroxyl groups excluding tert-OH is 1. The average molecular weight is 207 g/mol. The fraction of sp³-hybridized carbons (Fsp3) is 0.727. The summed E-state index contributed by atoms with van der Waals surface area (Å²) in [5, 5.41) is 12.8. The zero-order valence-electron chi connectivity index (χ0n) is 8.82. The van der Waals surface area contributed by atoms with Crippen LogP contribution in [0.1, 0.15) is 30.8 Å². The van der Waals surface area contributed by atoms with Crippen molar-refractivity contribution in [1.82, 2.24) is 14.9 Å². The van der Waals surface area contributed by atoms with Crippen molar-refractivity contribution < 1.29 is 5.11 Å². The largest absolute Gasteiger partial charge is 0.392 e. The second-order valence-electron chi connectivity index (χ2n) is 4.55. The van der Waals surface area contributed by atoms with E-state index in [1.807, 2.05) is 6.20 Å². The lowest BCUT2D eigenvalue weighted by Gasteiger charge is -2.33. The van der Waals surface area contributed by atoms with Crippen molar-refractivity contribution in [2.45, 2.75) is 50.9 Å². The molecular formula is C11H17N3O. The molecule has 0 bridgehead atoms. The lowest BCUT2D eigenvalue weighted by molar-refractivity contribution is 0.0490. The number of aliphatic hydroxyl groups is 1. The number of hydrogen-bond acceptors (Lipinski definition) is 3. The van der Waals surface area contributed by atoms with Crippen molar-refractivity contribution in [3.05, 3.63) is 17.7 Å². The van der Waals surface area contributed by atoms with Crippen LogP contribution in [0.15, 0.2) is 6.20 Å². The van der Waals surface area contributed by atoms with Crippen LogP contribution in [0.5, 0.6) is 0 Å². The molecular weight excluding hydrogens is 190 g/mol. The van der Waals surface area contributed by atoms with Crippen LogP contribution in [0, 0.1) is 0 Å². The minimum Gasteiger partial charge on any atom is -0.392 e. The van der Waals surface area contributed by atoms with Gasteiger partial charge in [0.15, 0.2) is 0 Å². The van der Waals surface area contributed by atoms with Crippen LogP contribution in [-0.2, 0) is 19.5 Å². The van der Waals surface area contributed by atoms with E-state index in [0.29, 0.717) is 6.04 Å². The summed E-state index contributed by atoms with van der Waals surface area (Å²) in [4.78, 5) is 4.40. The quantitative estimate of drug-likeness (QED) is 0.756. The van der Waals surface area contributed by atoms with Gasteiger partial charge in [0.2, 0.25) is 0 Å². The Hall–Kier alpha value is -0.870. The maximum Gasteiger partial charge on any atom is 0.108 e. The number of aryl methyl sites for hydroxylation is 1. The van der Waals surface area contributed by atoms with Crippen molar-refractivity contribution in [2.24, 2.45) is 0 Å². The molecule has 0 amide bonds. The Morgan fingerprint density at radius 1 is 1.53 bits per heavy atom. The van der Waals surface area contributed by atoms with E-state index in [-0.39, 0.29) is 6.10 Å². The van der Waals surface area contributed by atoms with Crippen molar-refractivity contribution >= 4 is 0 Å². The Bertz CT molecular complexity index is 361. The van der Waals surface area contributed by atoms with Gasteiger partial charge in [0.25, 0.3) is 0 Å². The maximum atomic E-state index is 9.44. The first kappa shape index (κ1) is 9.36. The topological polar surface area (TPSA) is 50.1 Å². The Morgan fingerprint density at radius 3 is 3.20 bits per heavy atom. The second-order valence-corrected chi connectivity index (χ2v) is 4.55. The van der Waals surface area contributed by atoms with Gasteiger partial charge in [-0.05, 0) is 19.3 Å². The van der Waals surface area contributed by atoms with Crippen LogP contribution < -0.4 is 5.32 Å². The third-order valence-electron chi connectivity index (χ3n) is 3.59. The zero-order valence-corrected chi connectivity index (χ0v) is 8.82. The van der Waals surface area contributed by atoms with Crippen LogP contribution >= 0.6 is 0 Å². The minimum atomic E-state index is -0.133. The van der Waals surface area contributed by atoms with E-state index in [4.69, 9.17) is 0 Å². The fourth-order valence-electron chi connectivity index (χ4n) is 2.42. The summed E-state index contributed by atoms with van der Waals surface area (Å²) < 4.78 is 2.30. The molecule has 0 aromatic carbocycles. The van der Waals surface area contributed by atoms with E-state index in [0.717, 1.165) is 32.4 Å². The highest BCUT2D eigenvalue weighted by Crippen LogP contribution is 2.21. The first-order valence-electron chi connectivity index (χ1n) is 5.79. The minimum absolute atomic E-state index is 0.133. The van der Waals surface area contributed by atoms with E-state index < -0.39 is 0 Å². The van der Waals surface area contributed by atoms with Crippen molar-refractivity contribution in [2.75, 3.05) is 0 Å². The predicted molar refractivity (Wildman–Crippen MR) is 56.4 cm³/mol. The molecule has 0 spiro atoms. The summed E-state index contributed by atoms with van der Waals surface area (Å²) >= 11 is 0. The summed E-state index contributed by atoms with van der Waals surface area (Å²) in [5.41, 5.74) is 1.27. The third kappa shape index (κ3) is 1.58. The first-order valence-corrected chi connectivity index (χ1v) is 5.79. The van der Waals surface area contributed by atoms with E-state index in [9.17, 15) is 5.11 Å². The standard InChI is InChI=1S/C11H17N3O/c15-10-4-3-9(10)12-6-8-7-13-11-2-1-5-14(8)11/h7,9-10,12,15H,1-6H2/t9-,10-/m1/s1.